The van der Waals surface area contributed by atoms with E-state index in [1.165, 1.54) is 92.5 Å². The fourth-order valence-electron chi connectivity index (χ4n) is 5.53. The Hall–Kier alpha value is -2.49. The summed E-state index contributed by atoms with van der Waals surface area (Å²) in [6.45, 7) is 7.04. The van der Waals surface area contributed by atoms with Crippen LogP contribution in [0.25, 0.3) is 21.8 Å². The minimum Gasteiger partial charge on any atom is -0.371 e. The zero-order chi connectivity index (χ0) is 19.2. The molecule has 3 fully saturated rings. The van der Waals surface area contributed by atoms with Gasteiger partial charge in [0.05, 0.1) is 16.7 Å². The number of hydrogen-bond donors (Lipinski definition) is 0. The molecule has 0 aliphatic carbocycles. The van der Waals surface area contributed by atoms with Gasteiger partial charge in [-0.1, -0.05) is 0 Å². The molecule has 2 aromatic carbocycles. The Morgan fingerprint density at radius 3 is 1.38 bits per heavy atom. The van der Waals surface area contributed by atoms with Gasteiger partial charge in [0, 0.05) is 61.4 Å². The minimum absolute atomic E-state index is 1.15. The molecular formula is C25H30N4. The quantitative estimate of drug-likeness (QED) is 0.578. The van der Waals surface area contributed by atoms with E-state index in [4.69, 9.17) is 4.98 Å². The maximum absolute atomic E-state index is 5.19. The Morgan fingerprint density at radius 2 is 0.931 bits per heavy atom. The number of aromatic nitrogens is 1. The van der Waals surface area contributed by atoms with Gasteiger partial charge in [-0.2, -0.15) is 0 Å². The zero-order valence-corrected chi connectivity index (χ0v) is 17.2. The van der Waals surface area contributed by atoms with Gasteiger partial charge in [-0.3, -0.25) is 0 Å². The predicted octanol–water partition coefficient (Wildman–Crippen LogP) is 5.19. The smallest absolute Gasteiger partial charge is 0.0751 e. The minimum atomic E-state index is 1.15. The number of rotatable bonds is 3. The number of nitrogens with zero attached hydrogens (tertiary/aromatic N) is 4. The van der Waals surface area contributed by atoms with Gasteiger partial charge in [-0.05, 0) is 74.9 Å². The lowest BCUT2D eigenvalue weighted by atomic mass is 10.0. The Kier molecular flexibility index (Phi) is 4.24. The van der Waals surface area contributed by atoms with Crippen LogP contribution in [0.5, 0.6) is 0 Å². The van der Waals surface area contributed by atoms with Crippen LogP contribution in [0, 0.1) is 0 Å². The third-order valence-corrected chi connectivity index (χ3v) is 7.08. The van der Waals surface area contributed by atoms with Crippen molar-refractivity contribution in [1.82, 2.24) is 4.98 Å². The molecule has 0 amide bonds. The highest BCUT2D eigenvalue weighted by molar-refractivity contribution is 6.09. The van der Waals surface area contributed by atoms with Crippen LogP contribution in [0.2, 0.25) is 0 Å². The van der Waals surface area contributed by atoms with E-state index in [0.29, 0.717) is 0 Å². The summed E-state index contributed by atoms with van der Waals surface area (Å²) in [4.78, 5) is 12.8. The van der Waals surface area contributed by atoms with Gasteiger partial charge in [0.1, 0.15) is 0 Å². The summed E-state index contributed by atoms with van der Waals surface area (Å²) in [6.07, 6.45) is 7.82. The zero-order valence-electron chi connectivity index (χ0n) is 17.2. The fraction of sp³-hybridized carbons (Fsp3) is 0.480. The molecule has 4 nitrogen and oxygen atoms in total. The predicted molar refractivity (Wildman–Crippen MR) is 124 cm³/mol. The Bertz CT molecular complexity index is 968. The summed E-state index contributed by atoms with van der Waals surface area (Å²) in [7, 11) is 0. The summed E-state index contributed by atoms with van der Waals surface area (Å²) in [5.74, 6) is 0. The molecule has 0 atom stereocenters. The first-order chi connectivity index (χ1) is 14.4. The van der Waals surface area contributed by atoms with Crippen LogP contribution >= 0.6 is 0 Å². The molecule has 0 radical (unpaired) electrons. The van der Waals surface area contributed by atoms with Crippen molar-refractivity contribution < 1.29 is 0 Å². The van der Waals surface area contributed by atoms with Crippen molar-refractivity contribution in [3.8, 4) is 0 Å². The highest BCUT2D eigenvalue weighted by Crippen LogP contribution is 2.39. The van der Waals surface area contributed by atoms with Crippen LogP contribution in [0.15, 0.2) is 36.4 Å². The van der Waals surface area contributed by atoms with Crippen LogP contribution in [-0.2, 0) is 0 Å². The van der Waals surface area contributed by atoms with Crippen molar-refractivity contribution in [2.24, 2.45) is 0 Å². The van der Waals surface area contributed by atoms with Crippen LogP contribution in [-0.4, -0.2) is 44.3 Å². The molecule has 150 valence electrons. The molecule has 0 unspecified atom stereocenters. The van der Waals surface area contributed by atoms with Crippen molar-refractivity contribution in [1.29, 1.82) is 0 Å². The second-order valence-corrected chi connectivity index (χ2v) is 8.95. The first-order valence-corrected chi connectivity index (χ1v) is 11.5. The lowest BCUT2D eigenvalue weighted by Gasteiger charge is -2.24. The SMILES string of the molecule is c1cc2c(N3CCCC3)c3ccc(N4CCCC4)cc3nc2cc1N1CCCC1. The van der Waals surface area contributed by atoms with Crippen LogP contribution < -0.4 is 14.7 Å². The van der Waals surface area contributed by atoms with Crippen LogP contribution in [0.3, 0.4) is 0 Å². The van der Waals surface area contributed by atoms with E-state index in [1.807, 2.05) is 0 Å². The van der Waals surface area contributed by atoms with Gasteiger partial charge in [-0.15, -0.1) is 0 Å². The van der Waals surface area contributed by atoms with Crippen LogP contribution in [0.4, 0.5) is 17.1 Å². The lowest BCUT2D eigenvalue weighted by molar-refractivity contribution is 0.949. The third-order valence-electron chi connectivity index (χ3n) is 7.08. The standard InChI is InChI=1S/C25H30N4/c1-2-12-27(11-1)19-7-9-21-23(17-19)26-24-18-20(28-13-3-4-14-28)8-10-22(24)25(21)29-15-5-6-16-29/h7-10,17-18H,1-6,11-16H2. The topological polar surface area (TPSA) is 22.6 Å². The van der Waals surface area contributed by atoms with Crippen molar-refractivity contribution in [2.75, 3.05) is 54.0 Å². The van der Waals surface area contributed by atoms with Gasteiger partial charge in [-0.25, -0.2) is 4.98 Å². The molecule has 0 bridgehead atoms. The summed E-state index contributed by atoms with van der Waals surface area (Å²) in [5.41, 5.74) is 6.39. The number of fused-ring (bicyclic) bond motifs is 2. The van der Waals surface area contributed by atoms with Crippen molar-refractivity contribution in [3.05, 3.63) is 36.4 Å². The van der Waals surface area contributed by atoms with Crippen LogP contribution in [0.1, 0.15) is 38.5 Å². The van der Waals surface area contributed by atoms with E-state index in [2.05, 4.69) is 51.1 Å². The van der Waals surface area contributed by atoms with Gasteiger partial charge in [0.25, 0.3) is 0 Å². The molecule has 0 N–H and O–H groups in total. The first-order valence-electron chi connectivity index (χ1n) is 11.5. The average molecular weight is 387 g/mol. The van der Waals surface area contributed by atoms with Gasteiger partial charge < -0.3 is 14.7 Å². The Labute approximate surface area is 173 Å². The molecule has 3 aromatic rings. The molecule has 6 rings (SSSR count). The maximum Gasteiger partial charge on any atom is 0.0751 e. The third kappa shape index (κ3) is 3.00. The molecule has 3 saturated heterocycles. The van der Waals surface area contributed by atoms with Crippen molar-refractivity contribution >= 4 is 38.9 Å². The molecule has 0 saturated carbocycles. The number of pyridine rings is 1. The lowest BCUT2D eigenvalue weighted by Crippen LogP contribution is -2.20. The molecule has 0 spiro atoms. The molecule has 3 aliphatic rings. The summed E-state index contributed by atoms with van der Waals surface area (Å²) < 4.78 is 0. The maximum atomic E-state index is 5.19. The van der Waals surface area contributed by atoms with E-state index in [1.54, 1.807) is 0 Å². The van der Waals surface area contributed by atoms with Crippen molar-refractivity contribution in [3.63, 3.8) is 0 Å². The molecule has 29 heavy (non-hydrogen) atoms. The summed E-state index contributed by atoms with van der Waals surface area (Å²) in [6, 6.07) is 14.0. The Morgan fingerprint density at radius 1 is 0.517 bits per heavy atom. The van der Waals surface area contributed by atoms with E-state index < -0.39 is 0 Å². The molecule has 1 aromatic heterocycles. The number of benzene rings is 2. The molecule has 4 heterocycles. The van der Waals surface area contributed by atoms with Gasteiger partial charge in [0.15, 0.2) is 0 Å². The second kappa shape index (κ2) is 7.08. The average Bonchev–Trinajstić information content (AvgIpc) is 3.54. The fourth-order valence-corrected chi connectivity index (χ4v) is 5.53. The summed E-state index contributed by atoms with van der Waals surface area (Å²) in [5, 5.41) is 2.63. The van der Waals surface area contributed by atoms with Gasteiger partial charge in [0.2, 0.25) is 0 Å². The highest BCUT2D eigenvalue weighted by Gasteiger charge is 2.21. The number of hydrogen-bond acceptors (Lipinski definition) is 4. The summed E-state index contributed by atoms with van der Waals surface area (Å²) >= 11 is 0. The molecule has 3 aliphatic heterocycles. The molecule has 4 heteroatoms. The van der Waals surface area contributed by atoms with E-state index in [-0.39, 0.29) is 0 Å². The first kappa shape index (κ1) is 17.4. The van der Waals surface area contributed by atoms with E-state index >= 15 is 0 Å². The monoisotopic (exact) mass is 386 g/mol. The normalized spacial score (nSPS) is 19.9. The van der Waals surface area contributed by atoms with Crippen molar-refractivity contribution in [2.45, 2.75) is 38.5 Å². The Balaban J connectivity index is 1.54. The largest absolute Gasteiger partial charge is 0.371 e. The van der Waals surface area contributed by atoms with E-state index in [0.717, 1.165) is 24.1 Å². The highest BCUT2D eigenvalue weighted by atomic mass is 15.2. The molecular weight excluding hydrogens is 356 g/mol. The van der Waals surface area contributed by atoms with Gasteiger partial charge >= 0.3 is 0 Å². The number of anilines is 3. The van der Waals surface area contributed by atoms with E-state index in [9.17, 15) is 0 Å². The second-order valence-electron chi connectivity index (χ2n) is 8.95.